The van der Waals surface area contributed by atoms with E-state index in [4.69, 9.17) is 5.11 Å². The molecule has 0 aromatic heterocycles. The zero-order valence-corrected chi connectivity index (χ0v) is 8.72. The molecule has 1 nitrogen and oxygen atoms in total. The van der Waals surface area contributed by atoms with Crippen molar-refractivity contribution < 1.29 is 37.8 Å². The molecule has 1 rings (SSSR count). The molecule has 1 aliphatic rings. The SMILES string of the molecule is CC1CC[CH-]C(O)C1.[Y]. The summed E-state index contributed by atoms with van der Waals surface area (Å²) in [7, 11) is 0. The summed E-state index contributed by atoms with van der Waals surface area (Å²) in [6.07, 6.45) is 5.22. The summed E-state index contributed by atoms with van der Waals surface area (Å²) >= 11 is 0. The molecule has 51 valence electrons. The van der Waals surface area contributed by atoms with Gasteiger partial charge in [-0.05, 0) is 5.92 Å². The standard InChI is InChI=1S/C7H13O.Y/c1-6-3-2-4-7(8)5-6;/h4,6-8H,2-3,5H2,1H3;/q-1;. The van der Waals surface area contributed by atoms with Crippen molar-refractivity contribution in [3.8, 4) is 0 Å². The van der Waals surface area contributed by atoms with Crippen molar-refractivity contribution in [2.24, 2.45) is 5.92 Å². The van der Waals surface area contributed by atoms with Gasteiger partial charge >= 0.3 is 0 Å². The van der Waals surface area contributed by atoms with Crippen LogP contribution in [0.15, 0.2) is 0 Å². The van der Waals surface area contributed by atoms with Crippen LogP contribution in [0.5, 0.6) is 0 Å². The largest absolute Gasteiger partial charge is 0.425 e. The van der Waals surface area contributed by atoms with Gasteiger partial charge in [-0.15, -0.1) is 0 Å². The van der Waals surface area contributed by atoms with Crippen LogP contribution in [-0.4, -0.2) is 11.2 Å². The van der Waals surface area contributed by atoms with Crippen LogP contribution in [-0.2, 0) is 32.7 Å². The smallest absolute Gasteiger partial charge is 0 e. The first-order valence-electron chi connectivity index (χ1n) is 3.30. The van der Waals surface area contributed by atoms with E-state index in [0.29, 0.717) is 0 Å². The predicted octanol–water partition coefficient (Wildman–Crippen LogP) is 1.37. The minimum Gasteiger partial charge on any atom is -0.425 e. The molecule has 2 heteroatoms. The van der Waals surface area contributed by atoms with Crippen molar-refractivity contribution >= 4 is 0 Å². The second-order valence-electron chi connectivity index (χ2n) is 2.72. The summed E-state index contributed by atoms with van der Waals surface area (Å²) in [6.45, 7) is 2.19. The van der Waals surface area contributed by atoms with Gasteiger partial charge in [-0.2, -0.15) is 6.42 Å². The molecule has 0 aromatic rings. The summed E-state index contributed by atoms with van der Waals surface area (Å²) < 4.78 is 0. The Labute approximate surface area is 82.1 Å². The first kappa shape index (κ1) is 10.1. The molecule has 1 fully saturated rings. The van der Waals surface area contributed by atoms with Gasteiger partial charge in [0.15, 0.2) is 0 Å². The van der Waals surface area contributed by atoms with E-state index >= 15 is 0 Å². The molecule has 1 saturated carbocycles. The third-order valence-electron chi connectivity index (χ3n) is 1.74. The Kier molecular flexibility index (Phi) is 5.38. The molecule has 1 N–H and O–H groups in total. The molecular formula is C7H13OY-. The molecule has 0 aromatic carbocycles. The van der Waals surface area contributed by atoms with E-state index in [1.807, 2.05) is 6.42 Å². The quantitative estimate of drug-likeness (QED) is 0.588. The van der Waals surface area contributed by atoms with Crippen molar-refractivity contribution in [3.63, 3.8) is 0 Å². The molecule has 0 saturated heterocycles. The first-order valence-corrected chi connectivity index (χ1v) is 3.30. The summed E-state index contributed by atoms with van der Waals surface area (Å²) in [5.41, 5.74) is 0. The van der Waals surface area contributed by atoms with Crippen LogP contribution in [0.3, 0.4) is 0 Å². The maximum atomic E-state index is 9.02. The van der Waals surface area contributed by atoms with Gasteiger partial charge in [0.1, 0.15) is 0 Å². The molecule has 2 atom stereocenters. The third-order valence-corrected chi connectivity index (χ3v) is 1.74. The molecule has 0 heterocycles. The van der Waals surface area contributed by atoms with Crippen molar-refractivity contribution in [3.05, 3.63) is 6.42 Å². The van der Waals surface area contributed by atoms with Gasteiger partial charge in [-0.1, -0.05) is 25.9 Å². The fraction of sp³-hybridized carbons (Fsp3) is 0.857. The summed E-state index contributed by atoms with van der Waals surface area (Å²) in [5, 5.41) is 9.02. The van der Waals surface area contributed by atoms with Crippen molar-refractivity contribution in [1.82, 2.24) is 0 Å². The Morgan fingerprint density at radius 2 is 2.22 bits per heavy atom. The van der Waals surface area contributed by atoms with Gasteiger partial charge in [0.05, 0.1) is 0 Å². The van der Waals surface area contributed by atoms with Crippen LogP contribution in [0, 0.1) is 12.3 Å². The van der Waals surface area contributed by atoms with E-state index in [1.165, 1.54) is 6.42 Å². The van der Waals surface area contributed by atoms with E-state index < -0.39 is 0 Å². The fourth-order valence-electron chi connectivity index (χ4n) is 1.20. The normalized spacial score (nSPS) is 35.3. The van der Waals surface area contributed by atoms with Crippen molar-refractivity contribution in [2.75, 3.05) is 0 Å². The average Bonchev–Trinajstić information content (AvgIpc) is 1.64. The molecular weight excluding hydrogens is 189 g/mol. The van der Waals surface area contributed by atoms with E-state index in [-0.39, 0.29) is 38.8 Å². The summed E-state index contributed by atoms with van der Waals surface area (Å²) in [6, 6.07) is 0. The molecule has 0 bridgehead atoms. The maximum absolute atomic E-state index is 9.02. The summed E-state index contributed by atoms with van der Waals surface area (Å²) in [4.78, 5) is 0. The Morgan fingerprint density at radius 3 is 2.56 bits per heavy atom. The number of aliphatic hydroxyl groups excluding tert-OH is 1. The maximum Gasteiger partial charge on any atom is 0 e. The Bertz CT molecular complexity index is 67.3. The van der Waals surface area contributed by atoms with Gasteiger partial charge in [0.25, 0.3) is 0 Å². The minimum absolute atomic E-state index is 0. The summed E-state index contributed by atoms with van der Waals surface area (Å²) in [5.74, 6) is 0.731. The molecule has 9 heavy (non-hydrogen) atoms. The fourth-order valence-corrected chi connectivity index (χ4v) is 1.20. The molecule has 0 amide bonds. The van der Waals surface area contributed by atoms with Gasteiger partial charge in [0, 0.05) is 32.7 Å². The zero-order valence-electron chi connectivity index (χ0n) is 5.88. The Morgan fingerprint density at radius 1 is 1.56 bits per heavy atom. The zero-order chi connectivity index (χ0) is 5.98. The van der Waals surface area contributed by atoms with E-state index in [9.17, 15) is 0 Å². The van der Waals surface area contributed by atoms with Gasteiger partial charge in [0.2, 0.25) is 0 Å². The molecule has 1 aliphatic carbocycles. The van der Waals surface area contributed by atoms with Crippen LogP contribution in [0.1, 0.15) is 26.2 Å². The Balaban J connectivity index is 0.000000640. The number of rotatable bonds is 0. The topological polar surface area (TPSA) is 20.2 Å². The number of hydrogen-bond donors (Lipinski definition) is 1. The third kappa shape index (κ3) is 3.69. The van der Waals surface area contributed by atoms with Crippen LogP contribution in [0.2, 0.25) is 0 Å². The van der Waals surface area contributed by atoms with Crippen molar-refractivity contribution in [1.29, 1.82) is 0 Å². The number of aliphatic hydroxyl groups is 1. The molecule has 0 spiro atoms. The minimum atomic E-state index is -0.112. The second-order valence-corrected chi connectivity index (χ2v) is 2.72. The second kappa shape index (κ2) is 4.81. The predicted molar refractivity (Wildman–Crippen MR) is 33.3 cm³/mol. The van der Waals surface area contributed by atoms with Gasteiger partial charge < -0.3 is 11.5 Å². The van der Waals surface area contributed by atoms with E-state index in [0.717, 1.165) is 18.8 Å². The van der Waals surface area contributed by atoms with Crippen LogP contribution >= 0.6 is 0 Å². The van der Waals surface area contributed by atoms with Gasteiger partial charge in [-0.25, -0.2) is 0 Å². The van der Waals surface area contributed by atoms with E-state index in [1.54, 1.807) is 0 Å². The molecule has 0 aliphatic heterocycles. The number of hydrogen-bond acceptors (Lipinski definition) is 1. The molecule has 2 unspecified atom stereocenters. The van der Waals surface area contributed by atoms with Crippen molar-refractivity contribution in [2.45, 2.75) is 32.3 Å². The monoisotopic (exact) mass is 202 g/mol. The first-order chi connectivity index (χ1) is 3.79. The van der Waals surface area contributed by atoms with Crippen LogP contribution < -0.4 is 0 Å². The van der Waals surface area contributed by atoms with E-state index in [2.05, 4.69) is 6.92 Å². The van der Waals surface area contributed by atoms with Crippen LogP contribution in [0.25, 0.3) is 0 Å². The van der Waals surface area contributed by atoms with Crippen LogP contribution in [0.4, 0.5) is 0 Å². The average molecular weight is 202 g/mol. The molecule has 1 radical (unpaired) electrons. The van der Waals surface area contributed by atoms with Gasteiger partial charge in [-0.3, -0.25) is 0 Å². The Hall–Kier alpha value is 1.06.